The molecule has 0 saturated heterocycles. The Labute approximate surface area is 154 Å². The molecule has 4 rings (SSSR count). The monoisotopic (exact) mass is 368 g/mol. The van der Waals surface area contributed by atoms with Crippen molar-refractivity contribution in [2.24, 2.45) is 4.99 Å². The third kappa shape index (κ3) is 3.32. The number of carbonyl (C=O) groups is 1. The molecule has 0 bridgehead atoms. The van der Waals surface area contributed by atoms with Crippen LogP contribution in [-0.2, 0) is 9.53 Å². The molecule has 0 fully saturated rings. The summed E-state index contributed by atoms with van der Waals surface area (Å²) in [7, 11) is 0. The lowest BCUT2D eigenvalue weighted by molar-refractivity contribution is -0.143. The van der Waals surface area contributed by atoms with Crippen molar-refractivity contribution >= 4 is 44.9 Å². The van der Waals surface area contributed by atoms with Crippen molar-refractivity contribution in [2.75, 3.05) is 12.4 Å². The topological polar surface area (TPSA) is 51.5 Å². The molecule has 126 valence electrons. The highest BCUT2D eigenvalue weighted by atomic mass is 32.2. The number of aromatic nitrogens is 1. The van der Waals surface area contributed by atoms with Gasteiger partial charge >= 0.3 is 5.97 Å². The first-order chi connectivity index (χ1) is 12.2. The Kier molecular flexibility index (Phi) is 4.55. The number of hydrogen-bond donors (Lipinski definition) is 0. The summed E-state index contributed by atoms with van der Waals surface area (Å²) in [4.78, 5) is 21.0. The van der Waals surface area contributed by atoms with Gasteiger partial charge in [0.15, 0.2) is 6.04 Å². The highest BCUT2D eigenvalue weighted by molar-refractivity contribution is 8.14. The lowest BCUT2D eigenvalue weighted by Crippen LogP contribution is -2.21. The van der Waals surface area contributed by atoms with Gasteiger partial charge in [0, 0.05) is 16.7 Å². The quantitative estimate of drug-likeness (QED) is 0.641. The van der Waals surface area contributed by atoms with Crippen LogP contribution in [0.2, 0.25) is 0 Å². The van der Waals surface area contributed by atoms with Gasteiger partial charge in [0.25, 0.3) is 0 Å². The zero-order valence-corrected chi connectivity index (χ0v) is 15.3. The van der Waals surface area contributed by atoms with Gasteiger partial charge in [-0.1, -0.05) is 36.4 Å². The van der Waals surface area contributed by atoms with E-state index in [0.29, 0.717) is 12.4 Å². The number of carbonyl (C=O) groups excluding carboxylic acids is 1. The Hall–Kier alpha value is -2.18. The van der Waals surface area contributed by atoms with Crippen molar-refractivity contribution < 1.29 is 9.53 Å². The maximum absolute atomic E-state index is 11.8. The molecule has 1 aliphatic rings. The minimum absolute atomic E-state index is 0.255. The van der Waals surface area contributed by atoms with E-state index in [-0.39, 0.29) is 5.97 Å². The van der Waals surface area contributed by atoms with Gasteiger partial charge in [-0.3, -0.25) is 4.99 Å². The standard InChI is InChI=1S/C19H16N2O2S2/c1-2-23-19(22)16-11-25-18(21-16)15-10-24-17(20-15)14-8-7-12-5-3-4-6-13(12)9-14/h3-10,16H,2,11H2,1H3/t16-/m0/s1. The van der Waals surface area contributed by atoms with Crippen molar-refractivity contribution in [1.82, 2.24) is 4.98 Å². The van der Waals surface area contributed by atoms with Gasteiger partial charge in [-0.2, -0.15) is 0 Å². The zero-order valence-electron chi connectivity index (χ0n) is 13.6. The first-order valence-corrected chi connectivity index (χ1v) is 9.93. The number of thiazole rings is 1. The molecule has 6 heteroatoms. The summed E-state index contributed by atoms with van der Waals surface area (Å²) >= 11 is 3.16. The molecule has 0 saturated carbocycles. The van der Waals surface area contributed by atoms with E-state index in [0.717, 1.165) is 21.3 Å². The molecule has 1 atom stereocenters. The number of fused-ring (bicyclic) bond motifs is 1. The summed E-state index contributed by atoms with van der Waals surface area (Å²) in [5, 5.41) is 6.21. The van der Waals surface area contributed by atoms with Crippen LogP contribution in [0.25, 0.3) is 21.3 Å². The van der Waals surface area contributed by atoms with Gasteiger partial charge in [0.2, 0.25) is 0 Å². The van der Waals surface area contributed by atoms with E-state index in [4.69, 9.17) is 9.72 Å². The number of hydrogen-bond acceptors (Lipinski definition) is 6. The van der Waals surface area contributed by atoms with Gasteiger partial charge in [0.1, 0.15) is 15.7 Å². The van der Waals surface area contributed by atoms with Crippen LogP contribution in [0.1, 0.15) is 12.6 Å². The maximum atomic E-state index is 11.8. The second kappa shape index (κ2) is 6.98. The molecule has 0 aliphatic carbocycles. The molecule has 0 radical (unpaired) electrons. The van der Waals surface area contributed by atoms with Gasteiger partial charge < -0.3 is 4.74 Å². The fraction of sp³-hybridized carbons (Fsp3) is 0.211. The third-order valence-electron chi connectivity index (χ3n) is 3.93. The summed E-state index contributed by atoms with van der Waals surface area (Å²) in [6, 6.07) is 14.2. The summed E-state index contributed by atoms with van der Waals surface area (Å²) in [6.45, 7) is 2.19. The summed E-state index contributed by atoms with van der Waals surface area (Å²) in [5.74, 6) is 0.367. The van der Waals surface area contributed by atoms with Gasteiger partial charge in [-0.25, -0.2) is 9.78 Å². The Morgan fingerprint density at radius 1 is 1.24 bits per heavy atom. The molecule has 0 unspecified atom stereocenters. The van der Waals surface area contributed by atoms with Gasteiger partial charge in [0.05, 0.1) is 6.61 Å². The average molecular weight is 368 g/mol. The number of ether oxygens (including phenoxy) is 1. The maximum Gasteiger partial charge on any atom is 0.331 e. The molecule has 25 heavy (non-hydrogen) atoms. The van der Waals surface area contributed by atoms with Crippen molar-refractivity contribution in [1.29, 1.82) is 0 Å². The zero-order chi connectivity index (χ0) is 17.2. The van der Waals surface area contributed by atoms with E-state index >= 15 is 0 Å². The largest absolute Gasteiger partial charge is 0.464 e. The third-order valence-corrected chi connectivity index (χ3v) is 5.89. The predicted octanol–water partition coefficient (Wildman–Crippen LogP) is 4.39. The van der Waals surface area contributed by atoms with E-state index in [9.17, 15) is 4.79 Å². The molecular formula is C19H16N2O2S2. The summed E-state index contributed by atoms with van der Waals surface area (Å²) in [5.41, 5.74) is 1.94. The minimum Gasteiger partial charge on any atom is -0.464 e. The van der Waals surface area contributed by atoms with Crippen LogP contribution in [0.5, 0.6) is 0 Å². The second-order valence-corrected chi connectivity index (χ2v) is 7.48. The minimum atomic E-state index is -0.411. The normalized spacial score (nSPS) is 16.8. The summed E-state index contributed by atoms with van der Waals surface area (Å²) in [6.07, 6.45) is 0. The van der Waals surface area contributed by atoms with Crippen LogP contribution in [0.15, 0.2) is 52.8 Å². The Bertz CT molecular complexity index is 965. The van der Waals surface area contributed by atoms with Crippen molar-refractivity contribution in [3.8, 4) is 10.6 Å². The first-order valence-electron chi connectivity index (χ1n) is 8.07. The van der Waals surface area contributed by atoms with Crippen LogP contribution in [-0.4, -0.2) is 34.4 Å². The van der Waals surface area contributed by atoms with Crippen molar-refractivity contribution in [2.45, 2.75) is 13.0 Å². The first kappa shape index (κ1) is 16.3. The lowest BCUT2D eigenvalue weighted by Gasteiger charge is -2.03. The van der Waals surface area contributed by atoms with Gasteiger partial charge in [-0.05, 0) is 23.8 Å². The number of esters is 1. The number of aliphatic imine (C=N–C) groups is 1. The second-order valence-electron chi connectivity index (χ2n) is 5.61. The van der Waals surface area contributed by atoms with Gasteiger partial charge in [-0.15, -0.1) is 23.1 Å². The Balaban J connectivity index is 1.59. The predicted molar refractivity (Wildman–Crippen MR) is 104 cm³/mol. The molecule has 3 aromatic rings. The molecule has 2 heterocycles. The van der Waals surface area contributed by atoms with Crippen molar-refractivity contribution in [3.05, 3.63) is 53.5 Å². The molecule has 0 amide bonds. The van der Waals surface area contributed by atoms with E-state index in [2.05, 4.69) is 35.3 Å². The lowest BCUT2D eigenvalue weighted by atomic mass is 10.1. The van der Waals surface area contributed by atoms with E-state index in [1.807, 2.05) is 17.5 Å². The number of benzene rings is 2. The molecule has 2 aromatic carbocycles. The van der Waals surface area contributed by atoms with Crippen LogP contribution in [0, 0.1) is 0 Å². The molecular weight excluding hydrogens is 352 g/mol. The number of thioether (sulfide) groups is 1. The Morgan fingerprint density at radius 2 is 2.08 bits per heavy atom. The SMILES string of the molecule is CCOC(=O)[C@@H]1CSC(c2csc(-c3ccc4ccccc4c3)n2)=N1. The van der Waals surface area contributed by atoms with E-state index < -0.39 is 6.04 Å². The average Bonchev–Trinajstić information content (AvgIpc) is 3.31. The van der Waals surface area contributed by atoms with Crippen LogP contribution >= 0.6 is 23.1 Å². The summed E-state index contributed by atoms with van der Waals surface area (Å²) < 4.78 is 5.05. The molecule has 1 aromatic heterocycles. The van der Waals surface area contributed by atoms with E-state index in [1.54, 1.807) is 30.0 Å². The van der Waals surface area contributed by atoms with Crippen LogP contribution < -0.4 is 0 Å². The number of nitrogens with zero attached hydrogens (tertiary/aromatic N) is 2. The highest BCUT2D eigenvalue weighted by Crippen LogP contribution is 2.30. The molecule has 0 N–H and O–H groups in total. The molecule has 4 nitrogen and oxygen atoms in total. The van der Waals surface area contributed by atoms with Crippen molar-refractivity contribution in [3.63, 3.8) is 0 Å². The van der Waals surface area contributed by atoms with Crippen LogP contribution in [0.3, 0.4) is 0 Å². The fourth-order valence-electron chi connectivity index (χ4n) is 2.70. The van der Waals surface area contributed by atoms with Crippen LogP contribution in [0.4, 0.5) is 0 Å². The molecule has 0 spiro atoms. The highest BCUT2D eigenvalue weighted by Gasteiger charge is 2.27. The number of rotatable bonds is 4. The Morgan fingerprint density at radius 3 is 2.92 bits per heavy atom. The van der Waals surface area contributed by atoms with E-state index in [1.165, 1.54) is 10.8 Å². The smallest absolute Gasteiger partial charge is 0.331 e. The molecule has 1 aliphatic heterocycles. The fourth-order valence-corrected chi connectivity index (χ4v) is 4.56.